The predicted octanol–water partition coefficient (Wildman–Crippen LogP) is 2.04. The van der Waals surface area contributed by atoms with Gasteiger partial charge in [-0.2, -0.15) is 15.1 Å². The fourth-order valence-corrected chi connectivity index (χ4v) is 3.30. The third-order valence-electron chi connectivity index (χ3n) is 4.76. The molecule has 0 saturated carbocycles. The number of hydrogen-bond acceptors (Lipinski definition) is 7. The predicted molar refractivity (Wildman–Crippen MR) is 110 cm³/mol. The Bertz CT molecular complexity index is 1160. The first-order valence-electron chi connectivity index (χ1n) is 9.45. The van der Waals surface area contributed by atoms with Crippen molar-refractivity contribution in [3.05, 3.63) is 60.4 Å². The second-order valence-corrected chi connectivity index (χ2v) is 6.84. The quantitative estimate of drug-likeness (QED) is 0.497. The van der Waals surface area contributed by atoms with Crippen LogP contribution in [0.1, 0.15) is 11.1 Å². The lowest BCUT2D eigenvalue weighted by Crippen LogP contribution is -2.37. The van der Waals surface area contributed by atoms with Crippen LogP contribution in [0.2, 0.25) is 0 Å². The van der Waals surface area contributed by atoms with E-state index in [4.69, 9.17) is 14.7 Å². The second-order valence-electron chi connectivity index (χ2n) is 6.84. The molecule has 146 valence electrons. The first kappa shape index (κ1) is 17.5. The van der Waals surface area contributed by atoms with Gasteiger partial charge in [-0.05, 0) is 12.5 Å². The first-order valence-corrected chi connectivity index (χ1v) is 9.45. The summed E-state index contributed by atoms with van der Waals surface area (Å²) in [6, 6.07) is 8.16. The average molecular weight is 388 g/mol. The van der Waals surface area contributed by atoms with E-state index in [-0.39, 0.29) is 0 Å². The Morgan fingerprint density at radius 1 is 1.14 bits per heavy atom. The summed E-state index contributed by atoms with van der Waals surface area (Å²) in [6.45, 7) is 4.87. The van der Waals surface area contributed by atoms with Crippen molar-refractivity contribution in [3.63, 3.8) is 0 Å². The van der Waals surface area contributed by atoms with Gasteiger partial charge in [-0.3, -0.25) is 4.57 Å². The molecular formula is C20H20N8O. The minimum Gasteiger partial charge on any atom is -0.378 e. The maximum atomic E-state index is 5.46. The standard InChI is InChI=1S/C20H20N8O/c1-15-3-2-4-16(11-15)12-23-28-14-22-17-18(27-6-5-21-13-27)24-20(25-19(17)28)26-7-9-29-10-8-26/h2-6,11-14H,7-10H2,1H3/b23-12+. The van der Waals surface area contributed by atoms with Crippen molar-refractivity contribution in [2.24, 2.45) is 5.10 Å². The number of ether oxygens (including phenoxy) is 1. The summed E-state index contributed by atoms with van der Waals surface area (Å²) < 4.78 is 8.99. The SMILES string of the molecule is Cc1cccc(/C=N/n2cnc3c(-n4ccnc4)nc(N4CCOCC4)nc32)c1. The number of rotatable bonds is 4. The van der Waals surface area contributed by atoms with Gasteiger partial charge in [-0.25, -0.2) is 14.6 Å². The molecule has 1 saturated heterocycles. The van der Waals surface area contributed by atoms with Crippen molar-refractivity contribution >= 4 is 23.3 Å². The van der Waals surface area contributed by atoms with Gasteiger partial charge in [0, 0.05) is 25.5 Å². The lowest BCUT2D eigenvalue weighted by molar-refractivity contribution is 0.122. The molecule has 0 spiro atoms. The average Bonchev–Trinajstić information content (AvgIpc) is 3.42. The molecule has 1 fully saturated rings. The molecule has 0 unspecified atom stereocenters. The van der Waals surface area contributed by atoms with Gasteiger partial charge in [-0.15, -0.1) is 0 Å². The molecule has 5 rings (SSSR count). The highest BCUT2D eigenvalue weighted by Crippen LogP contribution is 2.22. The fraction of sp³-hybridized carbons (Fsp3) is 0.250. The number of morpholine rings is 1. The lowest BCUT2D eigenvalue weighted by Gasteiger charge is -2.27. The van der Waals surface area contributed by atoms with Gasteiger partial charge in [0.2, 0.25) is 5.95 Å². The Balaban J connectivity index is 1.61. The summed E-state index contributed by atoms with van der Waals surface area (Å²) in [5.41, 5.74) is 3.52. The molecule has 1 aliphatic rings. The van der Waals surface area contributed by atoms with Gasteiger partial charge in [-0.1, -0.05) is 29.8 Å². The van der Waals surface area contributed by atoms with Crippen LogP contribution in [0.5, 0.6) is 0 Å². The number of anilines is 1. The smallest absolute Gasteiger partial charge is 0.229 e. The number of imidazole rings is 2. The van der Waals surface area contributed by atoms with Gasteiger partial charge in [0.1, 0.15) is 12.7 Å². The fourth-order valence-electron chi connectivity index (χ4n) is 3.30. The van der Waals surface area contributed by atoms with Gasteiger partial charge in [0.05, 0.1) is 19.4 Å². The number of aromatic nitrogens is 6. The van der Waals surface area contributed by atoms with Crippen LogP contribution in [0.25, 0.3) is 17.0 Å². The summed E-state index contributed by atoms with van der Waals surface area (Å²) in [5, 5.41) is 4.59. The van der Waals surface area contributed by atoms with Crippen molar-refractivity contribution < 1.29 is 4.74 Å². The van der Waals surface area contributed by atoms with Crippen LogP contribution in [0.3, 0.4) is 0 Å². The Hall–Kier alpha value is -3.59. The highest BCUT2D eigenvalue weighted by atomic mass is 16.5. The van der Waals surface area contributed by atoms with E-state index >= 15 is 0 Å². The zero-order chi connectivity index (χ0) is 19.6. The molecule has 0 bridgehead atoms. The molecule has 0 amide bonds. The van der Waals surface area contributed by atoms with Crippen LogP contribution in [-0.2, 0) is 4.74 Å². The van der Waals surface area contributed by atoms with Crippen molar-refractivity contribution in [1.82, 2.24) is 29.2 Å². The van der Waals surface area contributed by atoms with Crippen LogP contribution in [0, 0.1) is 6.92 Å². The van der Waals surface area contributed by atoms with Crippen LogP contribution < -0.4 is 4.90 Å². The maximum absolute atomic E-state index is 5.46. The normalized spacial score (nSPS) is 14.9. The Morgan fingerprint density at radius 3 is 2.83 bits per heavy atom. The summed E-state index contributed by atoms with van der Waals surface area (Å²) in [6.07, 6.45) is 8.74. The van der Waals surface area contributed by atoms with E-state index in [1.54, 1.807) is 23.5 Å². The molecule has 0 N–H and O–H groups in total. The van der Waals surface area contributed by atoms with Crippen molar-refractivity contribution in [2.45, 2.75) is 6.92 Å². The van der Waals surface area contributed by atoms with E-state index in [1.807, 2.05) is 29.1 Å². The first-order chi connectivity index (χ1) is 14.3. The number of hydrogen-bond donors (Lipinski definition) is 0. The third kappa shape index (κ3) is 3.47. The van der Waals surface area contributed by atoms with E-state index < -0.39 is 0 Å². The summed E-state index contributed by atoms with van der Waals surface area (Å²) >= 11 is 0. The molecule has 1 aromatic carbocycles. The van der Waals surface area contributed by atoms with Gasteiger partial charge < -0.3 is 9.64 Å². The van der Waals surface area contributed by atoms with Crippen LogP contribution >= 0.6 is 0 Å². The topological polar surface area (TPSA) is 86.2 Å². The molecule has 0 aliphatic carbocycles. The molecular weight excluding hydrogens is 368 g/mol. The highest BCUT2D eigenvalue weighted by molar-refractivity contribution is 5.83. The molecule has 0 atom stereocenters. The maximum Gasteiger partial charge on any atom is 0.229 e. The largest absolute Gasteiger partial charge is 0.378 e. The van der Waals surface area contributed by atoms with E-state index in [2.05, 4.69) is 39.0 Å². The van der Waals surface area contributed by atoms with Crippen molar-refractivity contribution in [3.8, 4) is 5.82 Å². The van der Waals surface area contributed by atoms with Crippen LogP contribution in [0.15, 0.2) is 54.4 Å². The highest BCUT2D eigenvalue weighted by Gasteiger charge is 2.20. The van der Waals surface area contributed by atoms with Gasteiger partial charge in [0.25, 0.3) is 0 Å². The number of aryl methyl sites for hydroxylation is 1. The number of fused-ring (bicyclic) bond motifs is 1. The van der Waals surface area contributed by atoms with Gasteiger partial charge in [0.15, 0.2) is 17.0 Å². The number of nitrogens with zero attached hydrogens (tertiary/aromatic N) is 8. The van der Waals surface area contributed by atoms with Crippen molar-refractivity contribution in [1.29, 1.82) is 0 Å². The van der Waals surface area contributed by atoms with Crippen LogP contribution in [-0.4, -0.2) is 61.7 Å². The molecule has 29 heavy (non-hydrogen) atoms. The molecule has 9 heteroatoms. The molecule has 3 aromatic heterocycles. The molecule has 9 nitrogen and oxygen atoms in total. The minimum absolute atomic E-state index is 0.636. The second kappa shape index (κ2) is 7.44. The Morgan fingerprint density at radius 2 is 2.03 bits per heavy atom. The van der Waals surface area contributed by atoms with Gasteiger partial charge >= 0.3 is 0 Å². The molecule has 0 radical (unpaired) electrons. The summed E-state index contributed by atoms with van der Waals surface area (Å²) in [4.78, 5) is 20.3. The Labute approximate surface area is 167 Å². The number of benzene rings is 1. The summed E-state index contributed by atoms with van der Waals surface area (Å²) in [5.74, 6) is 1.32. The monoisotopic (exact) mass is 388 g/mol. The zero-order valence-electron chi connectivity index (χ0n) is 16.0. The van der Waals surface area contributed by atoms with E-state index in [0.29, 0.717) is 36.1 Å². The van der Waals surface area contributed by atoms with E-state index in [0.717, 1.165) is 18.7 Å². The zero-order valence-corrected chi connectivity index (χ0v) is 16.0. The minimum atomic E-state index is 0.636. The third-order valence-corrected chi connectivity index (χ3v) is 4.76. The van der Waals surface area contributed by atoms with Crippen molar-refractivity contribution in [2.75, 3.05) is 31.2 Å². The Kier molecular flexibility index (Phi) is 4.49. The molecule has 4 heterocycles. The van der Waals surface area contributed by atoms with E-state index in [9.17, 15) is 0 Å². The summed E-state index contributed by atoms with van der Waals surface area (Å²) in [7, 11) is 0. The lowest BCUT2D eigenvalue weighted by atomic mass is 10.2. The van der Waals surface area contributed by atoms with E-state index in [1.165, 1.54) is 5.56 Å². The molecule has 1 aliphatic heterocycles. The van der Waals surface area contributed by atoms with Crippen LogP contribution in [0.4, 0.5) is 5.95 Å². The molecule has 4 aromatic rings.